The van der Waals surface area contributed by atoms with Gasteiger partial charge >= 0.3 is 5.97 Å². The van der Waals surface area contributed by atoms with Gasteiger partial charge in [0.15, 0.2) is 0 Å². The van der Waals surface area contributed by atoms with E-state index in [9.17, 15) is 9.18 Å². The molecular formula is C14H10ClFO3. The summed E-state index contributed by atoms with van der Waals surface area (Å²) in [6.45, 7) is -0.0622. The summed E-state index contributed by atoms with van der Waals surface area (Å²) in [5.41, 5.74) is -0.188. The van der Waals surface area contributed by atoms with Gasteiger partial charge in [-0.25, -0.2) is 9.18 Å². The Bertz CT molecular complexity index is 613. The van der Waals surface area contributed by atoms with Gasteiger partial charge in [-0.15, -0.1) is 0 Å². The molecule has 1 N–H and O–H groups in total. The van der Waals surface area contributed by atoms with Crippen molar-refractivity contribution in [2.24, 2.45) is 0 Å². The average Bonchev–Trinajstić information content (AvgIpc) is 2.37. The van der Waals surface area contributed by atoms with Crippen molar-refractivity contribution in [2.75, 3.05) is 0 Å². The van der Waals surface area contributed by atoms with Crippen molar-refractivity contribution in [1.29, 1.82) is 0 Å². The van der Waals surface area contributed by atoms with E-state index in [1.54, 1.807) is 24.3 Å². The summed E-state index contributed by atoms with van der Waals surface area (Å²) in [6.07, 6.45) is 0. The highest BCUT2D eigenvalue weighted by Crippen LogP contribution is 2.20. The third-order valence-electron chi connectivity index (χ3n) is 2.50. The van der Waals surface area contributed by atoms with Gasteiger partial charge < -0.3 is 9.84 Å². The molecule has 0 radical (unpaired) electrons. The maximum atomic E-state index is 13.8. The van der Waals surface area contributed by atoms with E-state index >= 15 is 0 Å². The second-order valence-electron chi connectivity index (χ2n) is 3.83. The Morgan fingerprint density at radius 1 is 1.26 bits per heavy atom. The summed E-state index contributed by atoms with van der Waals surface area (Å²) < 4.78 is 19.2. The number of aromatic carboxylic acids is 1. The molecule has 2 aromatic carbocycles. The van der Waals surface area contributed by atoms with E-state index in [1.807, 2.05) is 0 Å². The van der Waals surface area contributed by atoms with Crippen LogP contribution in [0.1, 0.15) is 15.9 Å². The molecule has 5 heteroatoms. The topological polar surface area (TPSA) is 46.5 Å². The van der Waals surface area contributed by atoms with Crippen LogP contribution in [0, 0.1) is 5.82 Å². The monoisotopic (exact) mass is 280 g/mol. The first-order valence-corrected chi connectivity index (χ1v) is 5.85. The van der Waals surface area contributed by atoms with E-state index in [0.717, 1.165) is 0 Å². The van der Waals surface area contributed by atoms with Crippen LogP contribution >= 0.6 is 11.6 Å². The van der Waals surface area contributed by atoms with Crippen molar-refractivity contribution in [3.05, 3.63) is 64.4 Å². The number of halogens is 2. The van der Waals surface area contributed by atoms with Crippen molar-refractivity contribution in [3.63, 3.8) is 0 Å². The molecular weight excluding hydrogens is 271 g/mol. The zero-order valence-electron chi connectivity index (χ0n) is 9.77. The molecule has 0 fully saturated rings. The molecule has 0 saturated heterocycles. The summed E-state index contributed by atoms with van der Waals surface area (Å²) in [6, 6.07) is 10.9. The summed E-state index contributed by atoms with van der Waals surface area (Å²) >= 11 is 5.79. The molecule has 2 aromatic rings. The fourth-order valence-corrected chi connectivity index (χ4v) is 1.75. The SMILES string of the molecule is O=C(O)c1cccc(COc2cccc(Cl)c2)c1F. The molecule has 0 aliphatic rings. The Kier molecular flexibility index (Phi) is 4.02. The van der Waals surface area contributed by atoms with Gasteiger partial charge in [-0.2, -0.15) is 0 Å². The van der Waals surface area contributed by atoms with Gasteiger partial charge in [-0.3, -0.25) is 0 Å². The number of rotatable bonds is 4. The number of carboxylic acids is 1. The lowest BCUT2D eigenvalue weighted by Gasteiger charge is -2.08. The standard InChI is InChI=1S/C14H10ClFO3/c15-10-4-2-5-11(7-10)19-8-9-3-1-6-12(13(9)16)14(17)18/h1-7H,8H2,(H,17,18). The fourth-order valence-electron chi connectivity index (χ4n) is 1.57. The highest BCUT2D eigenvalue weighted by atomic mass is 35.5. The van der Waals surface area contributed by atoms with Crippen molar-refractivity contribution in [3.8, 4) is 5.75 Å². The maximum Gasteiger partial charge on any atom is 0.338 e. The lowest BCUT2D eigenvalue weighted by atomic mass is 10.1. The molecule has 0 amide bonds. The molecule has 19 heavy (non-hydrogen) atoms. The number of carboxylic acid groups (broad SMARTS) is 1. The van der Waals surface area contributed by atoms with Crippen molar-refractivity contribution >= 4 is 17.6 Å². The first kappa shape index (κ1) is 13.4. The minimum atomic E-state index is -1.30. The molecule has 0 saturated carbocycles. The van der Waals surface area contributed by atoms with Crippen LogP contribution in [-0.4, -0.2) is 11.1 Å². The van der Waals surface area contributed by atoms with Gasteiger partial charge in [0.05, 0.1) is 5.56 Å². The average molecular weight is 281 g/mol. The second kappa shape index (κ2) is 5.71. The van der Waals surface area contributed by atoms with Crippen LogP contribution in [0.5, 0.6) is 5.75 Å². The van der Waals surface area contributed by atoms with Gasteiger partial charge in [0.1, 0.15) is 18.2 Å². The number of hydrogen-bond donors (Lipinski definition) is 1. The van der Waals surface area contributed by atoms with E-state index in [0.29, 0.717) is 10.8 Å². The Hall–Kier alpha value is -2.07. The zero-order valence-corrected chi connectivity index (χ0v) is 10.5. The van der Waals surface area contributed by atoms with Crippen molar-refractivity contribution < 1.29 is 19.0 Å². The molecule has 0 bridgehead atoms. The van der Waals surface area contributed by atoms with Crippen molar-refractivity contribution in [1.82, 2.24) is 0 Å². The molecule has 0 heterocycles. The first-order chi connectivity index (χ1) is 9.08. The van der Waals surface area contributed by atoms with E-state index < -0.39 is 11.8 Å². The van der Waals surface area contributed by atoms with E-state index in [4.69, 9.17) is 21.4 Å². The van der Waals surface area contributed by atoms with Gasteiger partial charge in [-0.05, 0) is 24.3 Å². The second-order valence-corrected chi connectivity index (χ2v) is 4.27. The van der Waals surface area contributed by atoms with Crippen LogP contribution in [-0.2, 0) is 6.61 Å². The zero-order chi connectivity index (χ0) is 13.8. The third kappa shape index (κ3) is 3.23. The van der Waals surface area contributed by atoms with Crippen LogP contribution in [0.4, 0.5) is 4.39 Å². The summed E-state index contributed by atoms with van der Waals surface area (Å²) in [7, 11) is 0. The Labute approximate surface area is 114 Å². The quantitative estimate of drug-likeness (QED) is 0.927. The molecule has 0 aromatic heterocycles. The fraction of sp³-hybridized carbons (Fsp3) is 0.0714. The van der Waals surface area contributed by atoms with Crippen LogP contribution in [0.15, 0.2) is 42.5 Å². The van der Waals surface area contributed by atoms with Gasteiger partial charge in [-0.1, -0.05) is 29.8 Å². The van der Waals surface area contributed by atoms with Crippen LogP contribution < -0.4 is 4.74 Å². The van der Waals surface area contributed by atoms with Crippen LogP contribution in [0.25, 0.3) is 0 Å². The summed E-state index contributed by atoms with van der Waals surface area (Å²) in [5, 5.41) is 9.32. The molecule has 0 aliphatic carbocycles. The Morgan fingerprint density at radius 2 is 2.00 bits per heavy atom. The lowest BCUT2D eigenvalue weighted by Crippen LogP contribution is -2.05. The van der Waals surface area contributed by atoms with Crippen molar-refractivity contribution in [2.45, 2.75) is 6.61 Å². The predicted molar refractivity (Wildman–Crippen MR) is 69.1 cm³/mol. The molecule has 2 rings (SSSR count). The third-order valence-corrected chi connectivity index (χ3v) is 2.73. The molecule has 0 unspecified atom stereocenters. The largest absolute Gasteiger partial charge is 0.489 e. The molecule has 0 spiro atoms. The molecule has 0 aliphatic heterocycles. The maximum absolute atomic E-state index is 13.8. The number of benzene rings is 2. The lowest BCUT2D eigenvalue weighted by molar-refractivity contribution is 0.0691. The summed E-state index contributed by atoms with van der Waals surface area (Å²) in [4.78, 5) is 10.8. The Morgan fingerprint density at radius 3 is 2.68 bits per heavy atom. The smallest absolute Gasteiger partial charge is 0.338 e. The highest BCUT2D eigenvalue weighted by Gasteiger charge is 2.13. The molecule has 3 nitrogen and oxygen atoms in total. The highest BCUT2D eigenvalue weighted by molar-refractivity contribution is 6.30. The number of carbonyl (C=O) groups is 1. The molecule has 98 valence electrons. The first-order valence-electron chi connectivity index (χ1n) is 5.47. The van der Waals surface area contributed by atoms with Gasteiger partial charge in [0.25, 0.3) is 0 Å². The predicted octanol–water partition coefficient (Wildman–Crippen LogP) is 3.76. The minimum absolute atomic E-state index is 0.0622. The van der Waals surface area contributed by atoms with E-state index in [1.165, 1.54) is 18.2 Å². The van der Waals surface area contributed by atoms with Crippen LogP contribution in [0.3, 0.4) is 0 Å². The van der Waals surface area contributed by atoms with E-state index in [2.05, 4.69) is 0 Å². The van der Waals surface area contributed by atoms with Gasteiger partial charge in [0.2, 0.25) is 0 Å². The van der Waals surface area contributed by atoms with E-state index in [-0.39, 0.29) is 17.7 Å². The summed E-state index contributed by atoms with van der Waals surface area (Å²) in [5.74, 6) is -1.59. The van der Waals surface area contributed by atoms with Crippen LogP contribution in [0.2, 0.25) is 5.02 Å². The Balaban J connectivity index is 2.16. The minimum Gasteiger partial charge on any atom is -0.489 e. The van der Waals surface area contributed by atoms with Gasteiger partial charge in [0, 0.05) is 10.6 Å². The normalized spacial score (nSPS) is 10.2. The number of hydrogen-bond acceptors (Lipinski definition) is 2. The number of ether oxygens (including phenoxy) is 1. The molecule has 0 atom stereocenters.